The summed E-state index contributed by atoms with van der Waals surface area (Å²) in [5.74, 6) is -0.253. The van der Waals surface area contributed by atoms with Crippen LogP contribution in [-0.4, -0.2) is 23.8 Å². The fraction of sp³-hybridized carbons (Fsp3) is 0.286. The summed E-state index contributed by atoms with van der Waals surface area (Å²) >= 11 is 3.03. The van der Waals surface area contributed by atoms with Gasteiger partial charge in [0.15, 0.2) is 6.79 Å². The van der Waals surface area contributed by atoms with E-state index in [-0.39, 0.29) is 18.4 Å². The van der Waals surface area contributed by atoms with Gasteiger partial charge in [-0.3, -0.25) is 0 Å². The number of hydrogen-bond acceptors (Lipinski definition) is 5. The van der Waals surface area contributed by atoms with Crippen LogP contribution in [0.25, 0.3) is 0 Å². The van der Waals surface area contributed by atoms with Gasteiger partial charge < -0.3 is 19.6 Å². The van der Waals surface area contributed by atoms with Crippen LogP contribution in [-0.2, 0) is 4.74 Å². The third kappa shape index (κ3) is 2.64. The lowest BCUT2D eigenvalue weighted by atomic mass is 10.4. The lowest BCUT2D eigenvalue weighted by Crippen LogP contribution is -2.03. The van der Waals surface area contributed by atoms with Gasteiger partial charge in [-0.25, -0.2) is 0 Å². The Kier molecular flexibility index (Phi) is 3.78. The number of halogens is 1. The van der Waals surface area contributed by atoms with E-state index in [1.165, 1.54) is 13.2 Å². The van der Waals surface area contributed by atoms with Crippen LogP contribution >= 0.6 is 15.9 Å². The van der Waals surface area contributed by atoms with Crippen LogP contribution in [0.15, 0.2) is 16.7 Å². The maximum absolute atomic E-state index is 10.5. The zero-order valence-corrected chi connectivity index (χ0v) is 8.85. The van der Waals surface area contributed by atoms with Crippen LogP contribution in [0, 0.1) is 10.1 Å². The molecule has 0 radical (unpaired) electrons. The van der Waals surface area contributed by atoms with Gasteiger partial charge in [-0.1, -0.05) is 0 Å². The van der Waals surface area contributed by atoms with E-state index in [2.05, 4.69) is 25.7 Å². The van der Waals surface area contributed by atoms with Crippen molar-refractivity contribution in [1.29, 1.82) is 0 Å². The van der Waals surface area contributed by atoms with Crippen LogP contribution in [0.2, 0.25) is 0 Å². The molecule has 6 nitrogen and oxygen atoms in total. The van der Waals surface area contributed by atoms with Crippen molar-refractivity contribution in [2.75, 3.05) is 13.9 Å². The van der Waals surface area contributed by atoms with Crippen molar-refractivity contribution in [3.8, 4) is 5.75 Å². The smallest absolute Gasteiger partial charge is 0.407 e. The molecular formula is C7H7BrN2O4. The summed E-state index contributed by atoms with van der Waals surface area (Å²) in [7, 11) is 1.43. The molecule has 1 rings (SSSR count). The first-order valence-corrected chi connectivity index (χ1v) is 4.37. The van der Waals surface area contributed by atoms with E-state index in [1.807, 2.05) is 0 Å². The molecule has 1 aromatic heterocycles. The number of nitro groups is 1. The molecule has 76 valence electrons. The van der Waals surface area contributed by atoms with Gasteiger partial charge in [0.25, 0.3) is 0 Å². The van der Waals surface area contributed by atoms with Crippen LogP contribution in [0.4, 0.5) is 5.82 Å². The molecule has 0 fully saturated rings. The molecule has 0 aliphatic rings. The summed E-state index contributed by atoms with van der Waals surface area (Å²) in [6.45, 7) is -0.0514. The van der Waals surface area contributed by atoms with E-state index in [1.54, 1.807) is 6.07 Å². The minimum absolute atomic E-state index is 0.0514. The molecule has 0 atom stereocenters. The Balaban J connectivity index is 2.96. The number of methoxy groups -OCH3 is 1. The van der Waals surface area contributed by atoms with Crippen molar-refractivity contribution in [3.05, 3.63) is 26.9 Å². The lowest BCUT2D eigenvalue weighted by molar-refractivity contribution is -0.390. The fourth-order valence-corrected chi connectivity index (χ4v) is 1.08. The predicted molar refractivity (Wildman–Crippen MR) is 51.1 cm³/mol. The van der Waals surface area contributed by atoms with Crippen LogP contribution in [0.1, 0.15) is 0 Å². The molecule has 0 N–H and O–H groups in total. The van der Waals surface area contributed by atoms with Crippen molar-refractivity contribution < 1.29 is 14.4 Å². The molecule has 0 saturated heterocycles. The molecule has 0 unspecified atom stereocenters. The highest BCUT2D eigenvalue weighted by molar-refractivity contribution is 9.10. The second-order valence-corrected chi connectivity index (χ2v) is 3.08. The van der Waals surface area contributed by atoms with E-state index in [4.69, 9.17) is 4.74 Å². The molecule has 0 spiro atoms. The van der Waals surface area contributed by atoms with Crippen molar-refractivity contribution in [3.63, 3.8) is 0 Å². The van der Waals surface area contributed by atoms with E-state index in [9.17, 15) is 10.1 Å². The van der Waals surface area contributed by atoms with Crippen LogP contribution < -0.4 is 4.74 Å². The lowest BCUT2D eigenvalue weighted by Gasteiger charge is -2.03. The second kappa shape index (κ2) is 4.87. The Labute approximate surface area is 88.1 Å². The Morgan fingerprint density at radius 2 is 2.36 bits per heavy atom. The Morgan fingerprint density at radius 1 is 1.64 bits per heavy atom. The highest BCUT2D eigenvalue weighted by Crippen LogP contribution is 2.26. The molecule has 0 aromatic carbocycles. The van der Waals surface area contributed by atoms with Crippen molar-refractivity contribution in [2.24, 2.45) is 0 Å². The topological polar surface area (TPSA) is 74.5 Å². The molecule has 0 aliphatic heterocycles. The molecular weight excluding hydrogens is 256 g/mol. The van der Waals surface area contributed by atoms with E-state index < -0.39 is 4.92 Å². The van der Waals surface area contributed by atoms with Gasteiger partial charge in [-0.2, -0.15) is 0 Å². The van der Waals surface area contributed by atoms with Gasteiger partial charge in [-0.15, -0.1) is 0 Å². The van der Waals surface area contributed by atoms with Crippen LogP contribution in [0.3, 0.4) is 0 Å². The summed E-state index contributed by atoms with van der Waals surface area (Å²) in [6, 6.07) is 3.01. The van der Waals surface area contributed by atoms with Gasteiger partial charge in [0.05, 0.1) is 0 Å². The number of aromatic nitrogens is 1. The third-order valence-electron chi connectivity index (χ3n) is 1.31. The fourth-order valence-electron chi connectivity index (χ4n) is 0.778. The first-order chi connectivity index (χ1) is 6.65. The number of hydrogen-bond donors (Lipinski definition) is 0. The summed E-state index contributed by atoms with van der Waals surface area (Å²) in [5, 5.41) is 10.5. The molecule has 1 heterocycles. The SMILES string of the molecule is COCOc1ccc(Br)nc1[N+](=O)[O-]. The molecule has 0 aliphatic carbocycles. The van der Waals surface area contributed by atoms with Gasteiger partial charge in [-0.05, 0) is 16.0 Å². The normalized spacial score (nSPS) is 9.86. The van der Waals surface area contributed by atoms with Crippen LogP contribution in [0.5, 0.6) is 5.75 Å². The highest BCUT2D eigenvalue weighted by Gasteiger charge is 2.17. The number of rotatable bonds is 4. The van der Waals surface area contributed by atoms with E-state index in [0.29, 0.717) is 4.60 Å². The molecule has 1 aromatic rings. The maximum Gasteiger partial charge on any atom is 0.407 e. The molecule has 0 saturated carbocycles. The standard InChI is InChI=1S/C7H7BrN2O4/c1-13-4-14-5-2-3-6(8)9-7(5)10(11)12/h2-3H,4H2,1H3. The predicted octanol–water partition coefficient (Wildman–Crippen LogP) is 1.73. The summed E-state index contributed by atoms with van der Waals surface area (Å²) < 4.78 is 9.97. The number of ether oxygens (including phenoxy) is 2. The summed E-state index contributed by atoms with van der Waals surface area (Å²) in [5.41, 5.74) is 0. The Bertz CT molecular complexity index is 344. The average molecular weight is 263 g/mol. The second-order valence-electron chi connectivity index (χ2n) is 2.26. The Hall–Kier alpha value is -1.21. The van der Waals surface area contributed by atoms with Gasteiger partial charge in [0.2, 0.25) is 10.4 Å². The molecule has 7 heteroatoms. The quantitative estimate of drug-likeness (QED) is 0.358. The largest absolute Gasteiger partial charge is 0.459 e. The zero-order valence-electron chi connectivity index (χ0n) is 7.27. The maximum atomic E-state index is 10.5. The average Bonchev–Trinajstić information content (AvgIpc) is 2.15. The van der Waals surface area contributed by atoms with Gasteiger partial charge in [0.1, 0.15) is 0 Å². The van der Waals surface area contributed by atoms with Crippen molar-refractivity contribution in [2.45, 2.75) is 0 Å². The number of pyridine rings is 1. The first kappa shape index (κ1) is 10.9. The Morgan fingerprint density at radius 3 is 2.93 bits per heavy atom. The molecule has 0 bridgehead atoms. The minimum atomic E-state index is -0.615. The first-order valence-electron chi connectivity index (χ1n) is 3.58. The van der Waals surface area contributed by atoms with E-state index in [0.717, 1.165) is 0 Å². The van der Waals surface area contributed by atoms with Crippen molar-refractivity contribution in [1.82, 2.24) is 4.98 Å². The van der Waals surface area contributed by atoms with E-state index >= 15 is 0 Å². The molecule has 14 heavy (non-hydrogen) atoms. The summed E-state index contributed by atoms with van der Waals surface area (Å²) in [4.78, 5) is 13.6. The van der Waals surface area contributed by atoms with Crippen molar-refractivity contribution >= 4 is 21.7 Å². The highest BCUT2D eigenvalue weighted by atomic mass is 79.9. The zero-order chi connectivity index (χ0) is 10.6. The minimum Gasteiger partial charge on any atom is -0.459 e. The molecule has 0 amide bonds. The monoisotopic (exact) mass is 262 g/mol. The van der Waals surface area contributed by atoms with Gasteiger partial charge in [0, 0.05) is 29.1 Å². The van der Waals surface area contributed by atoms with Gasteiger partial charge >= 0.3 is 5.82 Å². The summed E-state index contributed by atoms with van der Waals surface area (Å²) in [6.07, 6.45) is 0. The third-order valence-corrected chi connectivity index (χ3v) is 1.75. The number of nitrogens with zero attached hydrogens (tertiary/aromatic N) is 2.